The molecule has 2 unspecified atom stereocenters. The van der Waals surface area contributed by atoms with Crippen LogP contribution in [0.3, 0.4) is 0 Å². The molecular weight excluding hydrogens is 367 g/mol. The minimum Gasteiger partial charge on any atom is -0.391 e. The Bertz CT molecular complexity index is 704. The molecule has 0 spiro atoms. The van der Waals surface area contributed by atoms with Crippen LogP contribution in [0.15, 0.2) is 34.9 Å². The molecule has 6 nitrogen and oxygen atoms in total. The molecular formula is C15H16BrFN4O2. The second kappa shape index (κ2) is 6.77. The van der Waals surface area contributed by atoms with Crippen molar-refractivity contribution in [1.29, 1.82) is 0 Å². The molecule has 1 fully saturated rings. The quantitative estimate of drug-likeness (QED) is 0.739. The number of halogens is 2. The molecule has 2 atom stereocenters. The highest BCUT2D eigenvalue weighted by atomic mass is 79.9. The van der Waals surface area contributed by atoms with E-state index in [0.29, 0.717) is 29.8 Å². The number of carbonyl (C=O) groups is 1. The van der Waals surface area contributed by atoms with Crippen LogP contribution in [0.25, 0.3) is 5.69 Å². The van der Waals surface area contributed by atoms with Crippen LogP contribution in [0.2, 0.25) is 0 Å². The number of rotatable bonds is 4. The van der Waals surface area contributed by atoms with Crippen LogP contribution in [0, 0.1) is 11.7 Å². The predicted molar refractivity (Wildman–Crippen MR) is 85.9 cm³/mol. The van der Waals surface area contributed by atoms with Gasteiger partial charge in [0.05, 0.1) is 16.3 Å². The van der Waals surface area contributed by atoms with Crippen molar-refractivity contribution in [3.05, 3.63) is 46.4 Å². The van der Waals surface area contributed by atoms with Gasteiger partial charge < -0.3 is 15.7 Å². The number of β-amino-alcohol motifs (C(OH)–C–C–N with tert-alkyl or cyclic N) is 1. The van der Waals surface area contributed by atoms with Gasteiger partial charge in [-0.05, 0) is 40.2 Å². The number of hydrogen-bond donors (Lipinski definition) is 3. The summed E-state index contributed by atoms with van der Waals surface area (Å²) in [6.07, 6.45) is 1.20. The van der Waals surface area contributed by atoms with Gasteiger partial charge in [0, 0.05) is 31.7 Å². The first kappa shape index (κ1) is 16.1. The zero-order valence-corrected chi connectivity index (χ0v) is 13.8. The number of benzene rings is 1. The average molecular weight is 383 g/mol. The number of nitrogens with zero attached hydrogens (tertiary/aromatic N) is 2. The van der Waals surface area contributed by atoms with Crippen LogP contribution >= 0.6 is 15.9 Å². The highest BCUT2D eigenvalue weighted by Crippen LogP contribution is 2.18. The van der Waals surface area contributed by atoms with Gasteiger partial charge in [-0.1, -0.05) is 0 Å². The summed E-state index contributed by atoms with van der Waals surface area (Å²) < 4.78 is 15.0. The molecule has 2 aromatic rings. The van der Waals surface area contributed by atoms with E-state index in [1.807, 2.05) is 0 Å². The van der Waals surface area contributed by atoms with Crippen molar-refractivity contribution >= 4 is 21.8 Å². The minimum absolute atomic E-state index is 0.00286. The van der Waals surface area contributed by atoms with Gasteiger partial charge in [-0.3, -0.25) is 4.79 Å². The summed E-state index contributed by atoms with van der Waals surface area (Å²) in [5, 5.41) is 19.8. The second-order valence-corrected chi connectivity index (χ2v) is 6.30. The summed E-state index contributed by atoms with van der Waals surface area (Å²) in [5.74, 6) is -0.657. The molecule has 0 saturated carbocycles. The number of amides is 1. The first-order valence-electron chi connectivity index (χ1n) is 7.22. The lowest BCUT2D eigenvalue weighted by atomic mass is 10.1. The molecule has 0 aliphatic carbocycles. The van der Waals surface area contributed by atoms with E-state index in [9.17, 15) is 14.3 Å². The zero-order chi connectivity index (χ0) is 16.4. The van der Waals surface area contributed by atoms with E-state index in [0.717, 1.165) is 0 Å². The number of aliphatic hydroxyl groups is 1. The zero-order valence-electron chi connectivity index (χ0n) is 12.2. The Balaban J connectivity index is 1.70. The second-order valence-electron chi connectivity index (χ2n) is 5.44. The fourth-order valence-corrected chi connectivity index (χ4v) is 2.92. The smallest absolute Gasteiger partial charge is 0.272 e. The van der Waals surface area contributed by atoms with Gasteiger partial charge in [0.1, 0.15) is 5.82 Å². The van der Waals surface area contributed by atoms with Crippen molar-refractivity contribution in [3.8, 4) is 5.69 Å². The Morgan fingerprint density at radius 2 is 2.17 bits per heavy atom. The molecule has 0 bridgehead atoms. The van der Waals surface area contributed by atoms with E-state index in [-0.39, 0.29) is 23.3 Å². The maximum atomic E-state index is 13.0. The standard InChI is InChI=1S/C15H16BrFN4O2/c16-12-8-21(11-3-1-10(17)2-4-11)20-14(12)15(23)19-6-9-5-18-7-13(9)22/h1-4,8-9,13,18,22H,5-7H2,(H,19,23). The summed E-state index contributed by atoms with van der Waals surface area (Å²) >= 11 is 3.31. The van der Waals surface area contributed by atoms with Crippen molar-refractivity contribution in [2.24, 2.45) is 5.92 Å². The molecule has 1 saturated heterocycles. The Hall–Kier alpha value is -1.77. The number of aromatic nitrogens is 2. The lowest BCUT2D eigenvalue weighted by molar-refractivity contribution is 0.0921. The van der Waals surface area contributed by atoms with Crippen LogP contribution in [0.5, 0.6) is 0 Å². The van der Waals surface area contributed by atoms with E-state index < -0.39 is 6.10 Å². The molecule has 1 aromatic heterocycles. The van der Waals surface area contributed by atoms with Crippen LogP contribution < -0.4 is 10.6 Å². The Morgan fingerprint density at radius 3 is 2.83 bits per heavy atom. The summed E-state index contributed by atoms with van der Waals surface area (Å²) in [6.45, 7) is 1.60. The van der Waals surface area contributed by atoms with Gasteiger partial charge in [0.2, 0.25) is 0 Å². The fraction of sp³-hybridized carbons (Fsp3) is 0.333. The van der Waals surface area contributed by atoms with E-state index in [4.69, 9.17) is 0 Å². The van der Waals surface area contributed by atoms with Gasteiger partial charge in [-0.15, -0.1) is 0 Å². The monoisotopic (exact) mass is 382 g/mol. The van der Waals surface area contributed by atoms with E-state index in [2.05, 4.69) is 31.7 Å². The molecule has 3 rings (SSSR count). The lowest BCUT2D eigenvalue weighted by Gasteiger charge is -2.13. The minimum atomic E-state index is -0.449. The number of aliphatic hydroxyl groups excluding tert-OH is 1. The highest BCUT2D eigenvalue weighted by Gasteiger charge is 2.26. The molecule has 23 heavy (non-hydrogen) atoms. The first-order valence-corrected chi connectivity index (χ1v) is 8.02. The van der Waals surface area contributed by atoms with Crippen molar-refractivity contribution in [1.82, 2.24) is 20.4 Å². The Morgan fingerprint density at radius 1 is 1.43 bits per heavy atom. The molecule has 1 aliphatic rings. The van der Waals surface area contributed by atoms with Gasteiger partial charge in [-0.2, -0.15) is 5.10 Å². The fourth-order valence-electron chi connectivity index (χ4n) is 2.47. The molecule has 1 aliphatic heterocycles. The number of carbonyl (C=O) groups excluding carboxylic acids is 1. The molecule has 122 valence electrons. The number of hydrogen-bond acceptors (Lipinski definition) is 4. The maximum Gasteiger partial charge on any atom is 0.272 e. The topological polar surface area (TPSA) is 79.2 Å². The SMILES string of the molecule is O=C(NCC1CNCC1O)c1nn(-c2ccc(F)cc2)cc1Br. The Kier molecular flexibility index (Phi) is 4.74. The van der Waals surface area contributed by atoms with Crippen molar-refractivity contribution < 1.29 is 14.3 Å². The molecule has 3 N–H and O–H groups in total. The van der Waals surface area contributed by atoms with Gasteiger partial charge in [-0.25, -0.2) is 9.07 Å². The van der Waals surface area contributed by atoms with E-state index in [1.54, 1.807) is 18.3 Å². The molecule has 1 aromatic carbocycles. The summed E-state index contributed by atoms with van der Waals surface area (Å²) in [4.78, 5) is 12.2. The van der Waals surface area contributed by atoms with Crippen LogP contribution in [0.1, 0.15) is 10.5 Å². The average Bonchev–Trinajstić information content (AvgIpc) is 3.11. The third-order valence-corrected chi connectivity index (χ3v) is 4.39. The van der Waals surface area contributed by atoms with Gasteiger partial charge in [0.15, 0.2) is 5.69 Å². The third-order valence-electron chi connectivity index (χ3n) is 3.80. The Labute approximate surface area is 140 Å². The van der Waals surface area contributed by atoms with Crippen molar-refractivity contribution in [2.75, 3.05) is 19.6 Å². The van der Waals surface area contributed by atoms with Crippen molar-refractivity contribution in [3.63, 3.8) is 0 Å². The van der Waals surface area contributed by atoms with E-state index in [1.165, 1.54) is 16.8 Å². The highest BCUT2D eigenvalue weighted by molar-refractivity contribution is 9.10. The molecule has 2 heterocycles. The molecule has 0 radical (unpaired) electrons. The van der Waals surface area contributed by atoms with Crippen molar-refractivity contribution in [2.45, 2.75) is 6.10 Å². The van der Waals surface area contributed by atoms with E-state index >= 15 is 0 Å². The van der Waals surface area contributed by atoms with Gasteiger partial charge >= 0.3 is 0 Å². The van der Waals surface area contributed by atoms with Crippen LogP contribution in [-0.4, -0.2) is 46.5 Å². The molecule has 1 amide bonds. The normalized spacial score (nSPS) is 20.7. The lowest BCUT2D eigenvalue weighted by Crippen LogP contribution is -2.34. The summed E-state index contributed by atoms with van der Waals surface area (Å²) in [5.41, 5.74) is 0.899. The maximum absolute atomic E-state index is 13.0. The largest absolute Gasteiger partial charge is 0.391 e. The predicted octanol–water partition coefficient (Wildman–Crippen LogP) is 1.08. The first-order chi connectivity index (χ1) is 11.0. The number of nitrogens with one attached hydrogen (secondary N) is 2. The molecule has 8 heteroatoms. The summed E-state index contributed by atoms with van der Waals surface area (Å²) in [7, 11) is 0. The van der Waals surface area contributed by atoms with Gasteiger partial charge in [0.25, 0.3) is 5.91 Å². The van der Waals surface area contributed by atoms with Crippen LogP contribution in [0.4, 0.5) is 4.39 Å². The summed E-state index contributed by atoms with van der Waals surface area (Å²) in [6, 6.07) is 5.83. The third kappa shape index (κ3) is 3.60. The van der Waals surface area contributed by atoms with Crippen LogP contribution in [-0.2, 0) is 0 Å².